The highest BCUT2D eigenvalue weighted by molar-refractivity contribution is 7.15. The Morgan fingerprint density at radius 2 is 2.18 bits per heavy atom. The lowest BCUT2D eigenvalue weighted by molar-refractivity contribution is 0.0670. The van der Waals surface area contributed by atoms with E-state index in [1.807, 2.05) is 12.1 Å². The van der Waals surface area contributed by atoms with E-state index in [9.17, 15) is 0 Å². The van der Waals surface area contributed by atoms with Crippen LogP contribution in [-0.4, -0.2) is 47.8 Å². The van der Waals surface area contributed by atoms with Crippen molar-refractivity contribution < 1.29 is 14.2 Å². The average Bonchev–Trinajstić information content (AvgIpc) is 3.42. The van der Waals surface area contributed by atoms with Gasteiger partial charge in [-0.25, -0.2) is 4.98 Å². The molecule has 3 heterocycles. The first-order valence-electron chi connectivity index (χ1n) is 9.64. The number of fused-ring (bicyclic) bond motifs is 1. The first-order chi connectivity index (χ1) is 13.7. The fourth-order valence-electron chi connectivity index (χ4n) is 3.92. The molecule has 1 aliphatic rings. The maximum atomic E-state index is 5.93. The van der Waals surface area contributed by atoms with Crippen molar-refractivity contribution in [2.24, 2.45) is 0 Å². The molecule has 1 aromatic carbocycles. The molecule has 7 heteroatoms. The molecule has 3 aromatic rings. The minimum absolute atomic E-state index is 0.280. The number of ether oxygens (including phenoxy) is 3. The predicted octanol–water partition coefficient (Wildman–Crippen LogP) is 3.90. The summed E-state index contributed by atoms with van der Waals surface area (Å²) >= 11 is 1.67. The van der Waals surface area contributed by atoms with E-state index in [2.05, 4.69) is 33.9 Å². The summed E-state index contributed by atoms with van der Waals surface area (Å²) in [6, 6.07) is 6.05. The molecule has 0 spiro atoms. The highest BCUT2D eigenvalue weighted by Gasteiger charge is 2.23. The fourth-order valence-corrected chi connectivity index (χ4v) is 4.70. The van der Waals surface area contributed by atoms with Crippen LogP contribution in [0.2, 0.25) is 0 Å². The van der Waals surface area contributed by atoms with E-state index in [1.54, 1.807) is 25.6 Å². The summed E-state index contributed by atoms with van der Waals surface area (Å²) in [7, 11) is 3.37. The molecule has 1 aliphatic heterocycles. The molecule has 28 heavy (non-hydrogen) atoms. The molecule has 0 aliphatic carbocycles. The zero-order valence-corrected chi connectivity index (χ0v) is 17.5. The van der Waals surface area contributed by atoms with Crippen LogP contribution in [0.5, 0.6) is 11.5 Å². The molecule has 0 amide bonds. The van der Waals surface area contributed by atoms with E-state index < -0.39 is 0 Å². The van der Waals surface area contributed by atoms with Crippen LogP contribution in [0.3, 0.4) is 0 Å². The predicted molar refractivity (Wildman–Crippen MR) is 110 cm³/mol. The summed E-state index contributed by atoms with van der Waals surface area (Å²) in [5.74, 6) is 1.56. The first kappa shape index (κ1) is 19.2. The van der Waals surface area contributed by atoms with E-state index in [-0.39, 0.29) is 6.10 Å². The Kier molecular flexibility index (Phi) is 5.85. The second kappa shape index (κ2) is 8.51. The highest BCUT2D eigenvalue weighted by Crippen LogP contribution is 2.32. The van der Waals surface area contributed by atoms with Crippen molar-refractivity contribution in [1.82, 2.24) is 14.3 Å². The minimum atomic E-state index is 0.280. The largest absolute Gasteiger partial charge is 0.493 e. The Morgan fingerprint density at radius 1 is 1.29 bits per heavy atom. The van der Waals surface area contributed by atoms with Crippen molar-refractivity contribution in [2.45, 2.75) is 39.0 Å². The van der Waals surface area contributed by atoms with E-state index in [1.165, 1.54) is 5.69 Å². The Labute approximate surface area is 169 Å². The Morgan fingerprint density at radius 3 is 2.93 bits per heavy atom. The SMILES string of the molecule is COc1cccc(CN(Cc2c(C)nc3sccn23)CC2CCCO2)c1OC. The molecule has 0 N–H and O–H groups in total. The third kappa shape index (κ3) is 3.87. The number of nitrogens with zero attached hydrogens (tertiary/aromatic N) is 3. The summed E-state index contributed by atoms with van der Waals surface area (Å²) in [4.78, 5) is 8.18. The van der Waals surface area contributed by atoms with Gasteiger partial charge >= 0.3 is 0 Å². The standard InChI is InChI=1S/C21H27N3O3S/c1-15-18(24-9-11-28-21(24)22-15)14-23(13-17-7-5-10-27-17)12-16-6-4-8-19(25-2)20(16)26-3/h4,6,8-9,11,17H,5,7,10,12-14H2,1-3H3. The lowest BCUT2D eigenvalue weighted by Crippen LogP contribution is -2.32. The average molecular weight is 402 g/mol. The van der Waals surface area contributed by atoms with E-state index in [0.717, 1.165) is 66.8 Å². The molecule has 1 unspecified atom stereocenters. The molecule has 2 aromatic heterocycles. The molecular weight excluding hydrogens is 374 g/mol. The summed E-state index contributed by atoms with van der Waals surface area (Å²) in [5.41, 5.74) is 3.43. The lowest BCUT2D eigenvalue weighted by atomic mass is 10.1. The summed E-state index contributed by atoms with van der Waals surface area (Å²) < 4.78 is 19.3. The number of thiazole rings is 1. The van der Waals surface area contributed by atoms with Crippen LogP contribution < -0.4 is 9.47 Å². The summed E-state index contributed by atoms with van der Waals surface area (Å²) in [5, 5.41) is 2.08. The molecule has 1 saturated heterocycles. The quantitative estimate of drug-likeness (QED) is 0.573. The van der Waals surface area contributed by atoms with Gasteiger partial charge in [-0.3, -0.25) is 9.30 Å². The smallest absolute Gasteiger partial charge is 0.194 e. The molecule has 6 nitrogen and oxygen atoms in total. The van der Waals surface area contributed by atoms with E-state index in [0.29, 0.717) is 0 Å². The number of rotatable bonds is 8. The van der Waals surface area contributed by atoms with Gasteiger partial charge in [-0.05, 0) is 25.8 Å². The van der Waals surface area contributed by atoms with Crippen molar-refractivity contribution in [2.75, 3.05) is 27.4 Å². The normalized spacial score (nSPS) is 16.9. The minimum Gasteiger partial charge on any atom is -0.493 e. The van der Waals surface area contributed by atoms with Crippen molar-refractivity contribution >= 4 is 16.3 Å². The zero-order chi connectivity index (χ0) is 19.5. The van der Waals surface area contributed by atoms with Crippen LogP contribution in [0, 0.1) is 6.92 Å². The highest BCUT2D eigenvalue weighted by atomic mass is 32.1. The Balaban J connectivity index is 1.62. The third-order valence-corrected chi connectivity index (χ3v) is 6.06. The maximum Gasteiger partial charge on any atom is 0.194 e. The molecule has 1 fully saturated rings. The van der Waals surface area contributed by atoms with E-state index >= 15 is 0 Å². The van der Waals surface area contributed by atoms with Gasteiger partial charge in [0.1, 0.15) is 0 Å². The van der Waals surface area contributed by atoms with Gasteiger partial charge in [-0.2, -0.15) is 0 Å². The van der Waals surface area contributed by atoms with Gasteiger partial charge in [-0.15, -0.1) is 11.3 Å². The maximum absolute atomic E-state index is 5.93. The van der Waals surface area contributed by atoms with Crippen LogP contribution in [0.1, 0.15) is 29.8 Å². The van der Waals surface area contributed by atoms with Crippen LogP contribution in [0.4, 0.5) is 0 Å². The summed E-state index contributed by atoms with van der Waals surface area (Å²) in [6.07, 6.45) is 4.64. The number of imidazole rings is 1. The number of aryl methyl sites for hydroxylation is 1. The van der Waals surface area contributed by atoms with Gasteiger partial charge in [0, 0.05) is 43.4 Å². The van der Waals surface area contributed by atoms with Crippen LogP contribution in [0.25, 0.3) is 4.96 Å². The molecule has 1 atom stereocenters. The molecular formula is C21H27N3O3S. The van der Waals surface area contributed by atoms with Gasteiger partial charge < -0.3 is 14.2 Å². The van der Waals surface area contributed by atoms with E-state index in [4.69, 9.17) is 19.2 Å². The molecule has 150 valence electrons. The number of hydrogen-bond acceptors (Lipinski definition) is 6. The van der Waals surface area contributed by atoms with Crippen molar-refractivity contribution in [3.8, 4) is 11.5 Å². The topological polar surface area (TPSA) is 48.2 Å². The van der Waals surface area contributed by atoms with Gasteiger partial charge in [0.25, 0.3) is 0 Å². The zero-order valence-electron chi connectivity index (χ0n) is 16.7. The lowest BCUT2D eigenvalue weighted by Gasteiger charge is -2.26. The number of benzene rings is 1. The first-order valence-corrected chi connectivity index (χ1v) is 10.5. The Hall–Kier alpha value is -2.09. The van der Waals surface area contributed by atoms with Gasteiger partial charge in [-0.1, -0.05) is 12.1 Å². The van der Waals surface area contributed by atoms with Crippen LogP contribution in [-0.2, 0) is 17.8 Å². The number of aromatic nitrogens is 2. The number of para-hydroxylation sites is 1. The molecule has 0 radical (unpaired) electrons. The Bertz CT molecular complexity index is 930. The van der Waals surface area contributed by atoms with Gasteiger partial charge in [0.05, 0.1) is 31.7 Å². The molecule has 0 saturated carbocycles. The second-order valence-electron chi connectivity index (χ2n) is 7.16. The summed E-state index contributed by atoms with van der Waals surface area (Å²) in [6.45, 7) is 5.41. The van der Waals surface area contributed by atoms with Crippen molar-refractivity contribution in [3.05, 3.63) is 46.7 Å². The fraction of sp³-hybridized carbons (Fsp3) is 0.476. The van der Waals surface area contributed by atoms with Gasteiger partial charge in [0.2, 0.25) is 0 Å². The third-order valence-electron chi connectivity index (χ3n) is 5.30. The second-order valence-corrected chi connectivity index (χ2v) is 8.03. The van der Waals surface area contributed by atoms with Crippen LogP contribution >= 0.6 is 11.3 Å². The molecule has 4 rings (SSSR count). The number of methoxy groups -OCH3 is 2. The molecule has 0 bridgehead atoms. The van der Waals surface area contributed by atoms with Crippen molar-refractivity contribution in [3.63, 3.8) is 0 Å². The van der Waals surface area contributed by atoms with Gasteiger partial charge in [0.15, 0.2) is 16.5 Å². The number of hydrogen-bond donors (Lipinski definition) is 0. The monoisotopic (exact) mass is 401 g/mol. The van der Waals surface area contributed by atoms with Crippen molar-refractivity contribution in [1.29, 1.82) is 0 Å². The van der Waals surface area contributed by atoms with Crippen LogP contribution in [0.15, 0.2) is 29.8 Å².